The number of nitrogens with two attached hydrogens (primary N) is 2. The van der Waals surface area contributed by atoms with Crippen LogP contribution in [-0.2, 0) is 9.59 Å². The zero-order chi connectivity index (χ0) is 13.1. The molecule has 1 aliphatic rings. The zero-order valence-corrected chi connectivity index (χ0v) is 10.7. The summed E-state index contributed by atoms with van der Waals surface area (Å²) in [6.07, 6.45) is 2.97. The Labute approximate surface area is 102 Å². The molecule has 0 aromatic carbocycles. The molecule has 0 saturated heterocycles. The van der Waals surface area contributed by atoms with Gasteiger partial charge >= 0.3 is 0 Å². The second-order valence-electron chi connectivity index (χ2n) is 5.50. The highest BCUT2D eigenvalue weighted by atomic mass is 16.2. The molecule has 1 aliphatic carbocycles. The molecule has 2 unspecified atom stereocenters. The summed E-state index contributed by atoms with van der Waals surface area (Å²) in [5, 5.41) is 2.82. The lowest BCUT2D eigenvalue weighted by molar-refractivity contribution is -0.128. The lowest BCUT2D eigenvalue weighted by Gasteiger charge is -2.23. The Bertz CT molecular complexity index is 302. The fraction of sp³-hybridized carbons (Fsp3) is 0.833. The van der Waals surface area contributed by atoms with Crippen molar-refractivity contribution >= 4 is 11.8 Å². The van der Waals surface area contributed by atoms with E-state index in [4.69, 9.17) is 11.5 Å². The summed E-state index contributed by atoms with van der Waals surface area (Å²) < 4.78 is 0. The standard InChI is InChI=1S/C12H23N3O2/c1-12(2,11(14)17)7-15-10(16)9-5-3-4-8(9)6-13/h8-9H,3-7,13H2,1-2H3,(H2,14,17)(H,15,16). The first-order valence-electron chi connectivity index (χ1n) is 6.16. The Morgan fingerprint density at radius 2 is 2.00 bits per heavy atom. The van der Waals surface area contributed by atoms with E-state index in [0.717, 1.165) is 19.3 Å². The predicted octanol–water partition coefficient (Wildman–Crippen LogP) is -0.0109. The molecule has 2 atom stereocenters. The molecule has 1 rings (SSSR count). The van der Waals surface area contributed by atoms with E-state index in [9.17, 15) is 9.59 Å². The first-order valence-corrected chi connectivity index (χ1v) is 6.16. The van der Waals surface area contributed by atoms with Crippen molar-refractivity contribution < 1.29 is 9.59 Å². The maximum atomic E-state index is 12.0. The lowest BCUT2D eigenvalue weighted by Crippen LogP contribution is -2.45. The maximum Gasteiger partial charge on any atom is 0.224 e. The van der Waals surface area contributed by atoms with Crippen molar-refractivity contribution in [3.05, 3.63) is 0 Å². The van der Waals surface area contributed by atoms with Gasteiger partial charge in [-0.15, -0.1) is 0 Å². The number of nitrogens with one attached hydrogen (secondary N) is 1. The molecule has 0 spiro atoms. The van der Waals surface area contributed by atoms with Crippen LogP contribution in [0.3, 0.4) is 0 Å². The van der Waals surface area contributed by atoms with Gasteiger partial charge in [-0.05, 0) is 39.2 Å². The molecule has 1 fully saturated rings. The van der Waals surface area contributed by atoms with Crippen molar-refractivity contribution in [1.29, 1.82) is 0 Å². The van der Waals surface area contributed by atoms with Crippen LogP contribution in [0.4, 0.5) is 0 Å². The minimum absolute atomic E-state index is 0.00340. The number of rotatable bonds is 5. The number of amides is 2. The van der Waals surface area contributed by atoms with Crippen LogP contribution in [0, 0.1) is 17.3 Å². The second kappa shape index (κ2) is 5.49. The van der Waals surface area contributed by atoms with Gasteiger partial charge in [0.05, 0.1) is 5.41 Å². The Hall–Kier alpha value is -1.10. The van der Waals surface area contributed by atoms with Gasteiger partial charge in [0, 0.05) is 12.5 Å². The average molecular weight is 241 g/mol. The van der Waals surface area contributed by atoms with Crippen LogP contribution in [0.5, 0.6) is 0 Å². The van der Waals surface area contributed by atoms with Crippen molar-refractivity contribution in [2.24, 2.45) is 28.7 Å². The van der Waals surface area contributed by atoms with E-state index in [1.807, 2.05) is 0 Å². The minimum Gasteiger partial charge on any atom is -0.369 e. The fourth-order valence-corrected chi connectivity index (χ4v) is 2.19. The van der Waals surface area contributed by atoms with E-state index in [-0.39, 0.29) is 24.3 Å². The number of primary amides is 1. The molecule has 98 valence electrons. The molecular formula is C12H23N3O2. The molecule has 1 saturated carbocycles. The molecule has 0 heterocycles. The van der Waals surface area contributed by atoms with Gasteiger partial charge < -0.3 is 16.8 Å². The third kappa shape index (κ3) is 3.43. The molecule has 5 N–H and O–H groups in total. The van der Waals surface area contributed by atoms with Crippen LogP contribution in [0.25, 0.3) is 0 Å². The van der Waals surface area contributed by atoms with E-state index in [0.29, 0.717) is 6.54 Å². The van der Waals surface area contributed by atoms with Gasteiger partial charge in [-0.25, -0.2) is 0 Å². The van der Waals surface area contributed by atoms with E-state index < -0.39 is 11.3 Å². The van der Waals surface area contributed by atoms with Gasteiger partial charge in [-0.2, -0.15) is 0 Å². The molecule has 5 nitrogen and oxygen atoms in total. The van der Waals surface area contributed by atoms with Crippen LogP contribution in [0.1, 0.15) is 33.1 Å². The summed E-state index contributed by atoms with van der Waals surface area (Å²) in [7, 11) is 0. The Kier molecular flexibility index (Phi) is 4.51. The van der Waals surface area contributed by atoms with Gasteiger partial charge in [0.15, 0.2) is 0 Å². The smallest absolute Gasteiger partial charge is 0.224 e. The zero-order valence-electron chi connectivity index (χ0n) is 10.7. The Morgan fingerprint density at radius 1 is 1.35 bits per heavy atom. The Balaban J connectivity index is 2.47. The predicted molar refractivity (Wildman–Crippen MR) is 65.9 cm³/mol. The first kappa shape index (κ1) is 14.0. The fourth-order valence-electron chi connectivity index (χ4n) is 2.19. The van der Waals surface area contributed by atoms with Crippen molar-refractivity contribution in [1.82, 2.24) is 5.32 Å². The molecule has 0 aliphatic heterocycles. The minimum atomic E-state index is -0.702. The van der Waals surface area contributed by atoms with Gasteiger partial charge in [0.2, 0.25) is 11.8 Å². The first-order chi connectivity index (χ1) is 7.88. The molecule has 2 amide bonds. The third-order valence-electron chi connectivity index (χ3n) is 3.67. The maximum absolute atomic E-state index is 12.0. The second-order valence-corrected chi connectivity index (χ2v) is 5.50. The summed E-state index contributed by atoms with van der Waals surface area (Å²) in [4.78, 5) is 23.1. The topological polar surface area (TPSA) is 98.2 Å². The van der Waals surface area contributed by atoms with Crippen LogP contribution < -0.4 is 16.8 Å². The monoisotopic (exact) mass is 241 g/mol. The van der Waals surface area contributed by atoms with Crippen LogP contribution in [0.2, 0.25) is 0 Å². The van der Waals surface area contributed by atoms with Crippen LogP contribution in [0.15, 0.2) is 0 Å². The van der Waals surface area contributed by atoms with E-state index in [2.05, 4.69) is 5.32 Å². The molecule has 5 heteroatoms. The third-order valence-corrected chi connectivity index (χ3v) is 3.67. The summed E-state index contributed by atoms with van der Waals surface area (Å²) in [5.41, 5.74) is 10.2. The van der Waals surface area contributed by atoms with E-state index >= 15 is 0 Å². The molecule has 0 radical (unpaired) electrons. The normalized spacial score (nSPS) is 24.6. The van der Waals surface area contributed by atoms with Crippen molar-refractivity contribution in [2.75, 3.05) is 13.1 Å². The molecule has 0 bridgehead atoms. The van der Waals surface area contributed by atoms with Gasteiger partial charge in [0.1, 0.15) is 0 Å². The largest absolute Gasteiger partial charge is 0.369 e. The highest BCUT2D eigenvalue weighted by molar-refractivity contribution is 5.83. The Morgan fingerprint density at radius 3 is 2.53 bits per heavy atom. The number of hydrogen-bond donors (Lipinski definition) is 3. The summed E-state index contributed by atoms with van der Waals surface area (Å²) >= 11 is 0. The summed E-state index contributed by atoms with van der Waals surface area (Å²) in [5.74, 6) is -0.109. The van der Waals surface area contributed by atoms with Crippen LogP contribution in [-0.4, -0.2) is 24.9 Å². The number of carbonyl (C=O) groups is 2. The molecule has 17 heavy (non-hydrogen) atoms. The number of carbonyl (C=O) groups excluding carboxylic acids is 2. The highest BCUT2D eigenvalue weighted by Crippen LogP contribution is 2.31. The molecular weight excluding hydrogens is 218 g/mol. The van der Waals surface area contributed by atoms with Crippen molar-refractivity contribution in [2.45, 2.75) is 33.1 Å². The van der Waals surface area contributed by atoms with E-state index in [1.165, 1.54) is 0 Å². The number of hydrogen-bond acceptors (Lipinski definition) is 3. The van der Waals surface area contributed by atoms with E-state index in [1.54, 1.807) is 13.8 Å². The summed E-state index contributed by atoms with van der Waals surface area (Å²) in [6, 6.07) is 0. The summed E-state index contributed by atoms with van der Waals surface area (Å²) in [6.45, 7) is 4.29. The van der Waals surface area contributed by atoms with Crippen LogP contribution >= 0.6 is 0 Å². The van der Waals surface area contributed by atoms with Gasteiger partial charge in [0.25, 0.3) is 0 Å². The highest BCUT2D eigenvalue weighted by Gasteiger charge is 2.33. The average Bonchev–Trinajstić information content (AvgIpc) is 2.73. The van der Waals surface area contributed by atoms with Gasteiger partial charge in [-0.1, -0.05) is 6.42 Å². The lowest BCUT2D eigenvalue weighted by atomic mass is 9.91. The SMILES string of the molecule is CC(C)(CNC(=O)C1CCCC1CN)C(N)=O. The van der Waals surface area contributed by atoms with Crippen molar-refractivity contribution in [3.63, 3.8) is 0 Å². The molecule has 0 aromatic rings. The van der Waals surface area contributed by atoms with Crippen molar-refractivity contribution in [3.8, 4) is 0 Å². The van der Waals surface area contributed by atoms with Gasteiger partial charge in [-0.3, -0.25) is 9.59 Å². The molecule has 0 aromatic heterocycles. The quantitative estimate of drug-likeness (QED) is 0.631.